The van der Waals surface area contributed by atoms with Gasteiger partial charge in [0.15, 0.2) is 0 Å². The van der Waals surface area contributed by atoms with Gasteiger partial charge in [0, 0.05) is 25.3 Å². The predicted octanol–water partition coefficient (Wildman–Crippen LogP) is 3.35. The Hall–Kier alpha value is -1.91. The molecular formula is C18H24N2O2. The molecule has 0 saturated carbocycles. The zero-order valence-corrected chi connectivity index (χ0v) is 13.3. The summed E-state index contributed by atoms with van der Waals surface area (Å²) in [5.41, 5.74) is 2.21. The Morgan fingerprint density at radius 1 is 1.36 bits per heavy atom. The molecule has 2 heterocycles. The molecule has 0 bridgehead atoms. The molecule has 1 atom stereocenters. The molecule has 0 aliphatic heterocycles. The number of aromatic nitrogens is 1. The van der Waals surface area contributed by atoms with Gasteiger partial charge in [-0.25, -0.2) is 0 Å². The molecule has 0 amide bonds. The van der Waals surface area contributed by atoms with Crippen molar-refractivity contribution < 1.29 is 9.52 Å². The van der Waals surface area contributed by atoms with Gasteiger partial charge in [-0.1, -0.05) is 18.6 Å². The van der Waals surface area contributed by atoms with E-state index in [1.54, 1.807) is 12.5 Å². The van der Waals surface area contributed by atoms with Crippen molar-refractivity contribution in [1.29, 1.82) is 0 Å². The number of furan rings is 1. The lowest BCUT2D eigenvalue weighted by molar-refractivity contribution is 0.121. The molecule has 0 aromatic carbocycles. The predicted molar refractivity (Wildman–Crippen MR) is 88.2 cm³/mol. The Balaban J connectivity index is 2.10. The van der Waals surface area contributed by atoms with Crippen molar-refractivity contribution in [2.75, 3.05) is 13.2 Å². The number of rotatable bonds is 8. The fraction of sp³-hybridized carbons (Fsp3) is 0.389. The van der Waals surface area contributed by atoms with Crippen LogP contribution in [0.5, 0.6) is 0 Å². The Morgan fingerprint density at radius 2 is 2.23 bits per heavy atom. The van der Waals surface area contributed by atoms with Gasteiger partial charge in [0.1, 0.15) is 5.76 Å². The van der Waals surface area contributed by atoms with E-state index in [1.807, 2.05) is 36.4 Å². The van der Waals surface area contributed by atoms with Crippen LogP contribution in [0.4, 0.5) is 0 Å². The molecule has 0 saturated heterocycles. The van der Waals surface area contributed by atoms with Crippen LogP contribution in [-0.2, 0) is 6.54 Å². The summed E-state index contributed by atoms with van der Waals surface area (Å²) in [4.78, 5) is 6.65. The lowest BCUT2D eigenvalue weighted by Crippen LogP contribution is -2.38. The van der Waals surface area contributed by atoms with Crippen LogP contribution in [0.2, 0.25) is 0 Å². The van der Waals surface area contributed by atoms with Crippen LogP contribution in [0, 0.1) is 0 Å². The first-order valence-electron chi connectivity index (χ1n) is 7.68. The molecular weight excluding hydrogens is 276 g/mol. The highest BCUT2D eigenvalue weighted by molar-refractivity contribution is 5.46. The fourth-order valence-electron chi connectivity index (χ4n) is 2.50. The van der Waals surface area contributed by atoms with Gasteiger partial charge in [0.25, 0.3) is 0 Å². The zero-order chi connectivity index (χ0) is 15.8. The maximum Gasteiger partial charge on any atom is 0.126 e. The lowest BCUT2D eigenvalue weighted by atomic mass is 10.1. The Labute approximate surface area is 132 Å². The Bertz CT molecular complexity index is 560. The van der Waals surface area contributed by atoms with Gasteiger partial charge in [0.05, 0.1) is 18.6 Å². The van der Waals surface area contributed by atoms with Gasteiger partial charge in [-0.05, 0) is 43.7 Å². The van der Waals surface area contributed by atoms with Crippen LogP contribution in [0.1, 0.15) is 31.7 Å². The Morgan fingerprint density at radius 3 is 2.82 bits per heavy atom. The number of nitrogens with zero attached hydrogens (tertiary/aromatic N) is 2. The van der Waals surface area contributed by atoms with Crippen LogP contribution < -0.4 is 0 Å². The van der Waals surface area contributed by atoms with Gasteiger partial charge < -0.3 is 9.52 Å². The molecule has 2 aromatic rings. The molecule has 0 unspecified atom stereocenters. The van der Waals surface area contributed by atoms with Crippen LogP contribution in [0.25, 0.3) is 6.08 Å². The average Bonchev–Trinajstić information content (AvgIpc) is 3.02. The number of pyridine rings is 1. The third kappa shape index (κ3) is 4.83. The topological polar surface area (TPSA) is 49.5 Å². The molecule has 4 heteroatoms. The van der Waals surface area contributed by atoms with Crippen molar-refractivity contribution in [2.24, 2.45) is 0 Å². The minimum Gasteiger partial charge on any atom is -0.465 e. The summed E-state index contributed by atoms with van der Waals surface area (Å²) in [7, 11) is 0. The molecule has 0 aliphatic rings. The standard InChI is InChI=1S/C18H24N2O2/c1-3-17(14-21)20(13-16-7-4-5-9-19-16)12-15(2)11-18-8-6-10-22-18/h4-11,17,21H,3,12-14H2,1-2H3/b15-11+/t17-/m0/s1. The first-order chi connectivity index (χ1) is 10.7. The van der Waals surface area contributed by atoms with Crippen molar-refractivity contribution in [2.45, 2.75) is 32.9 Å². The summed E-state index contributed by atoms with van der Waals surface area (Å²) in [6, 6.07) is 9.87. The van der Waals surface area contributed by atoms with E-state index in [-0.39, 0.29) is 12.6 Å². The van der Waals surface area contributed by atoms with Crippen molar-refractivity contribution in [3.63, 3.8) is 0 Å². The van der Waals surface area contributed by atoms with E-state index in [0.717, 1.165) is 31.0 Å². The minimum absolute atomic E-state index is 0.127. The van der Waals surface area contributed by atoms with Gasteiger partial charge in [-0.3, -0.25) is 9.88 Å². The second-order valence-electron chi connectivity index (χ2n) is 5.48. The monoisotopic (exact) mass is 300 g/mol. The second kappa shape index (κ2) is 8.51. The molecule has 0 aliphatic carbocycles. The first kappa shape index (κ1) is 16.5. The molecule has 2 rings (SSSR count). The summed E-state index contributed by atoms with van der Waals surface area (Å²) in [6.45, 7) is 5.83. The number of aliphatic hydroxyl groups excluding tert-OH is 1. The van der Waals surface area contributed by atoms with E-state index in [4.69, 9.17) is 4.42 Å². The van der Waals surface area contributed by atoms with Crippen molar-refractivity contribution in [1.82, 2.24) is 9.88 Å². The largest absolute Gasteiger partial charge is 0.465 e. The first-order valence-corrected chi connectivity index (χ1v) is 7.68. The molecule has 0 radical (unpaired) electrons. The molecule has 22 heavy (non-hydrogen) atoms. The lowest BCUT2D eigenvalue weighted by Gasteiger charge is -2.29. The van der Waals surface area contributed by atoms with Crippen molar-refractivity contribution >= 4 is 6.08 Å². The molecule has 2 aromatic heterocycles. The zero-order valence-electron chi connectivity index (χ0n) is 13.3. The van der Waals surface area contributed by atoms with E-state index in [2.05, 4.69) is 23.7 Å². The molecule has 0 fully saturated rings. The third-order valence-corrected chi connectivity index (χ3v) is 3.67. The normalized spacial score (nSPS) is 13.5. The van der Waals surface area contributed by atoms with Crippen molar-refractivity contribution in [3.8, 4) is 0 Å². The van der Waals surface area contributed by atoms with E-state index in [1.165, 1.54) is 5.57 Å². The molecule has 118 valence electrons. The number of hydrogen-bond acceptors (Lipinski definition) is 4. The summed E-state index contributed by atoms with van der Waals surface area (Å²) in [5.74, 6) is 0.854. The Kier molecular flexibility index (Phi) is 6.37. The SMILES string of the molecule is CC[C@@H](CO)N(C/C(C)=C/c1ccco1)Cc1ccccn1. The minimum atomic E-state index is 0.127. The molecule has 0 spiro atoms. The van der Waals surface area contributed by atoms with E-state index < -0.39 is 0 Å². The fourth-order valence-corrected chi connectivity index (χ4v) is 2.50. The molecule has 1 N–H and O–H groups in total. The quantitative estimate of drug-likeness (QED) is 0.812. The highest BCUT2D eigenvalue weighted by Crippen LogP contribution is 2.14. The van der Waals surface area contributed by atoms with Crippen LogP contribution in [0.3, 0.4) is 0 Å². The highest BCUT2D eigenvalue weighted by Gasteiger charge is 2.17. The maximum absolute atomic E-state index is 9.64. The summed E-state index contributed by atoms with van der Waals surface area (Å²) in [6.07, 6.45) is 6.42. The van der Waals surface area contributed by atoms with Crippen LogP contribution in [0.15, 0.2) is 52.8 Å². The summed E-state index contributed by atoms with van der Waals surface area (Å²) >= 11 is 0. The smallest absolute Gasteiger partial charge is 0.126 e. The molecule has 4 nitrogen and oxygen atoms in total. The van der Waals surface area contributed by atoms with E-state index in [9.17, 15) is 5.11 Å². The van der Waals surface area contributed by atoms with Crippen LogP contribution >= 0.6 is 0 Å². The van der Waals surface area contributed by atoms with Gasteiger partial charge in [-0.2, -0.15) is 0 Å². The van der Waals surface area contributed by atoms with E-state index >= 15 is 0 Å². The summed E-state index contributed by atoms with van der Waals surface area (Å²) in [5, 5.41) is 9.64. The summed E-state index contributed by atoms with van der Waals surface area (Å²) < 4.78 is 5.36. The average molecular weight is 300 g/mol. The highest BCUT2D eigenvalue weighted by atomic mass is 16.3. The van der Waals surface area contributed by atoms with Crippen LogP contribution in [-0.4, -0.2) is 34.2 Å². The third-order valence-electron chi connectivity index (χ3n) is 3.67. The number of hydrogen-bond donors (Lipinski definition) is 1. The van der Waals surface area contributed by atoms with Gasteiger partial charge in [0.2, 0.25) is 0 Å². The van der Waals surface area contributed by atoms with Crippen molar-refractivity contribution in [3.05, 3.63) is 59.8 Å². The number of aliphatic hydroxyl groups is 1. The van der Waals surface area contributed by atoms with Gasteiger partial charge >= 0.3 is 0 Å². The second-order valence-corrected chi connectivity index (χ2v) is 5.48. The van der Waals surface area contributed by atoms with Gasteiger partial charge in [-0.15, -0.1) is 0 Å². The van der Waals surface area contributed by atoms with E-state index in [0.29, 0.717) is 0 Å². The maximum atomic E-state index is 9.64.